The lowest BCUT2D eigenvalue weighted by Gasteiger charge is -2.29. The van der Waals surface area contributed by atoms with E-state index in [2.05, 4.69) is 11.6 Å². The second kappa shape index (κ2) is 5.41. The van der Waals surface area contributed by atoms with Crippen LogP contribution in [-0.4, -0.2) is 14.5 Å². The first kappa shape index (κ1) is 13.6. The van der Waals surface area contributed by atoms with Gasteiger partial charge in [-0.25, -0.2) is 13.1 Å². The van der Waals surface area contributed by atoms with Crippen molar-refractivity contribution in [3.8, 4) is 0 Å². The zero-order chi connectivity index (χ0) is 13.2. The summed E-state index contributed by atoms with van der Waals surface area (Å²) in [4.78, 5) is 0.367. The third-order valence-electron chi connectivity index (χ3n) is 3.75. The van der Waals surface area contributed by atoms with Crippen LogP contribution in [0.15, 0.2) is 29.2 Å². The fraction of sp³-hybridized carbons (Fsp3) is 0.571. The monoisotopic (exact) mass is 267 g/mol. The number of rotatable bonds is 3. The van der Waals surface area contributed by atoms with Gasteiger partial charge in [0.15, 0.2) is 0 Å². The Morgan fingerprint density at radius 3 is 2.33 bits per heavy atom. The second-order valence-electron chi connectivity index (χ2n) is 5.30. The van der Waals surface area contributed by atoms with Crippen molar-refractivity contribution < 1.29 is 8.42 Å². The molecule has 1 aliphatic rings. The predicted molar refractivity (Wildman–Crippen MR) is 72.9 cm³/mol. The van der Waals surface area contributed by atoms with Crippen LogP contribution in [0, 0.1) is 12.8 Å². The van der Waals surface area contributed by atoms with Gasteiger partial charge in [0, 0.05) is 6.04 Å². The molecule has 18 heavy (non-hydrogen) atoms. The molecule has 2 atom stereocenters. The van der Waals surface area contributed by atoms with E-state index in [1.54, 1.807) is 12.1 Å². The zero-order valence-electron chi connectivity index (χ0n) is 11.0. The molecule has 0 heterocycles. The lowest BCUT2D eigenvalue weighted by atomic mass is 9.87. The molecule has 3 nitrogen and oxygen atoms in total. The highest BCUT2D eigenvalue weighted by Gasteiger charge is 2.26. The van der Waals surface area contributed by atoms with E-state index in [1.165, 1.54) is 6.42 Å². The van der Waals surface area contributed by atoms with Crippen LogP contribution < -0.4 is 4.72 Å². The Balaban J connectivity index is 2.13. The summed E-state index contributed by atoms with van der Waals surface area (Å²) < 4.78 is 27.3. The fourth-order valence-corrected chi connectivity index (χ4v) is 3.86. The Kier molecular flexibility index (Phi) is 4.07. The maximum atomic E-state index is 12.2. The van der Waals surface area contributed by atoms with Gasteiger partial charge in [0.1, 0.15) is 0 Å². The lowest BCUT2D eigenvalue weighted by molar-refractivity contribution is 0.310. The first-order valence-electron chi connectivity index (χ1n) is 6.58. The van der Waals surface area contributed by atoms with E-state index < -0.39 is 10.0 Å². The minimum Gasteiger partial charge on any atom is -0.208 e. The lowest BCUT2D eigenvalue weighted by Crippen LogP contribution is -2.40. The van der Waals surface area contributed by atoms with Crippen molar-refractivity contribution in [2.75, 3.05) is 0 Å². The Hall–Kier alpha value is -0.870. The van der Waals surface area contributed by atoms with Crippen LogP contribution in [0.5, 0.6) is 0 Å². The van der Waals surface area contributed by atoms with Crippen molar-refractivity contribution in [1.29, 1.82) is 0 Å². The summed E-state index contributed by atoms with van der Waals surface area (Å²) in [5, 5.41) is 0. The van der Waals surface area contributed by atoms with Crippen molar-refractivity contribution in [3.05, 3.63) is 29.8 Å². The summed E-state index contributed by atoms with van der Waals surface area (Å²) in [7, 11) is -3.36. The summed E-state index contributed by atoms with van der Waals surface area (Å²) in [5.41, 5.74) is 1.07. The highest BCUT2D eigenvalue weighted by molar-refractivity contribution is 7.89. The summed E-state index contributed by atoms with van der Waals surface area (Å²) in [6.07, 6.45) is 4.39. The third kappa shape index (κ3) is 3.12. The van der Waals surface area contributed by atoms with Crippen LogP contribution in [0.2, 0.25) is 0 Å². The van der Waals surface area contributed by atoms with Gasteiger partial charge < -0.3 is 0 Å². The van der Waals surface area contributed by atoms with Gasteiger partial charge in [-0.1, -0.05) is 37.5 Å². The van der Waals surface area contributed by atoms with Crippen LogP contribution >= 0.6 is 0 Å². The zero-order valence-corrected chi connectivity index (χ0v) is 11.8. The molecule has 0 saturated heterocycles. The molecule has 1 aromatic carbocycles. The quantitative estimate of drug-likeness (QED) is 0.915. The fourth-order valence-electron chi connectivity index (χ4n) is 2.48. The van der Waals surface area contributed by atoms with E-state index in [1.807, 2.05) is 19.1 Å². The average molecular weight is 267 g/mol. The summed E-state index contributed by atoms with van der Waals surface area (Å²) in [6, 6.07) is 7.10. The number of benzene rings is 1. The maximum Gasteiger partial charge on any atom is 0.240 e. The maximum absolute atomic E-state index is 12.2. The molecular formula is C14H21NO2S. The number of sulfonamides is 1. The molecular weight excluding hydrogens is 246 g/mol. The molecule has 100 valence electrons. The van der Waals surface area contributed by atoms with Crippen LogP contribution in [0.4, 0.5) is 0 Å². The van der Waals surface area contributed by atoms with Crippen molar-refractivity contribution in [2.24, 2.45) is 5.92 Å². The van der Waals surface area contributed by atoms with E-state index in [0.29, 0.717) is 10.8 Å². The topological polar surface area (TPSA) is 46.2 Å². The van der Waals surface area contributed by atoms with Gasteiger partial charge in [0.2, 0.25) is 10.0 Å². The van der Waals surface area contributed by atoms with Crippen LogP contribution in [0.25, 0.3) is 0 Å². The number of nitrogens with one attached hydrogen (secondary N) is 1. The van der Waals surface area contributed by atoms with Crippen molar-refractivity contribution in [3.63, 3.8) is 0 Å². The first-order chi connectivity index (χ1) is 8.49. The molecule has 1 fully saturated rings. The largest absolute Gasteiger partial charge is 0.240 e. The highest BCUT2D eigenvalue weighted by Crippen LogP contribution is 2.25. The molecule has 0 radical (unpaired) electrons. The van der Waals surface area contributed by atoms with Crippen LogP contribution in [0.3, 0.4) is 0 Å². The number of hydrogen-bond donors (Lipinski definition) is 1. The third-order valence-corrected chi connectivity index (χ3v) is 5.26. The van der Waals surface area contributed by atoms with Crippen LogP contribution in [-0.2, 0) is 10.0 Å². The molecule has 0 amide bonds. The van der Waals surface area contributed by atoms with E-state index in [4.69, 9.17) is 0 Å². The second-order valence-corrected chi connectivity index (χ2v) is 7.02. The Morgan fingerprint density at radius 2 is 1.72 bits per heavy atom. The molecule has 2 unspecified atom stereocenters. The Bertz CT molecular complexity index is 493. The summed E-state index contributed by atoms with van der Waals surface area (Å²) >= 11 is 0. The molecule has 4 heteroatoms. The molecule has 2 rings (SSSR count). The molecule has 1 aromatic rings. The van der Waals surface area contributed by atoms with Gasteiger partial charge in [-0.05, 0) is 37.8 Å². The van der Waals surface area contributed by atoms with Crippen LogP contribution in [0.1, 0.15) is 38.2 Å². The molecule has 1 N–H and O–H groups in total. The smallest absolute Gasteiger partial charge is 0.208 e. The first-order valence-corrected chi connectivity index (χ1v) is 8.06. The van der Waals surface area contributed by atoms with Gasteiger partial charge in [-0.3, -0.25) is 0 Å². The number of aryl methyl sites for hydroxylation is 1. The number of hydrogen-bond acceptors (Lipinski definition) is 2. The van der Waals surface area contributed by atoms with Crippen molar-refractivity contribution in [2.45, 2.75) is 50.5 Å². The van der Waals surface area contributed by atoms with Crippen molar-refractivity contribution in [1.82, 2.24) is 4.72 Å². The van der Waals surface area contributed by atoms with E-state index in [9.17, 15) is 8.42 Å². The van der Waals surface area contributed by atoms with Gasteiger partial charge >= 0.3 is 0 Å². The Labute approximate surface area is 110 Å². The summed E-state index contributed by atoms with van der Waals surface area (Å²) in [6.45, 7) is 4.08. The molecule has 1 aliphatic carbocycles. The van der Waals surface area contributed by atoms with E-state index >= 15 is 0 Å². The highest BCUT2D eigenvalue weighted by atomic mass is 32.2. The van der Waals surface area contributed by atoms with Gasteiger partial charge in [0.25, 0.3) is 0 Å². The average Bonchev–Trinajstić information content (AvgIpc) is 2.32. The van der Waals surface area contributed by atoms with E-state index in [0.717, 1.165) is 24.8 Å². The molecule has 0 aromatic heterocycles. The van der Waals surface area contributed by atoms with Gasteiger partial charge in [-0.2, -0.15) is 0 Å². The van der Waals surface area contributed by atoms with E-state index in [-0.39, 0.29) is 6.04 Å². The van der Waals surface area contributed by atoms with Gasteiger partial charge in [-0.15, -0.1) is 0 Å². The predicted octanol–water partition coefficient (Wildman–Crippen LogP) is 2.85. The Morgan fingerprint density at radius 1 is 1.11 bits per heavy atom. The SMILES string of the molecule is Cc1ccc(S(=O)(=O)NC2CCCCC2C)cc1. The molecule has 0 bridgehead atoms. The van der Waals surface area contributed by atoms with Gasteiger partial charge in [0.05, 0.1) is 4.90 Å². The normalized spacial score (nSPS) is 25.0. The minimum atomic E-state index is -3.36. The minimum absolute atomic E-state index is 0.0880. The van der Waals surface area contributed by atoms with Crippen molar-refractivity contribution >= 4 is 10.0 Å². The summed E-state index contributed by atoms with van der Waals surface area (Å²) in [5.74, 6) is 0.430. The molecule has 0 spiro atoms. The molecule has 0 aliphatic heterocycles. The molecule has 1 saturated carbocycles. The standard InChI is InChI=1S/C14H21NO2S/c1-11-7-9-13(10-8-11)18(16,17)15-14-6-4-3-5-12(14)2/h7-10,12,14-15H,3-6H2,1-2H3.